The molecule has 1 aliphatic rings. The molecule has 1 saturated heterocycles. The highest BCUT2D eigenvalue weighted by atomic mass is 35.5. The Morgan fingerprint density at radius 1 is 1.06 bits per heavy atom. The van der Waals surface area contributed by atoms with Crippen molar-refractivity contribution in [2.45, 2.75) is 19.3 Å². The van der Waals surface area contributed by atoms with E-state index in [1.807, 2.05) is 12.1 Å². The van der Waals surface area contributed by atoms with Crippen molar-refractivity contribution in [2.24, 2.45) is 0 Å². The molecular weight excluding hydrogens is 234 g/mol. The first-order chi connectivity index (χ1) is 8.36. The van der Waals surface area contributed by atoms with Gasteiger partial charge >= 0.3 is 0 Å². The van der Waals surface area contributed by atoms with Gasteiger partial charge in [-0.3, -0.25) is 0 Å². The molecule has 2 aromatic rings. The van der Waals surface area contributed by atoms with Crippen LogP contribution < -0.4 is 4.90 Å². The summed E-state index contributed by atoms with van der Waals surface area (Å²) in [5.74, 6) is 0. The Labute approximate surface area is 105 Å². The standard InChI is InChI=1S/C13H14ClN3/c14-13-10-5-4-6-11(12(10)15-9-16-13)17-7-2-1-3-8-17/h4-6,9H,1-3,7-8H2. The molecule has 0 N–H and O–H groups in total. The fourth-order valence-corrected chi connectivity index (χ4v) is 2.63. The van der Waals surface area contributed by atoms with E-state index in [9.17, 15) is 0 Å². The topological polar surface area (TPSA) is 29.0 Å². The second kappa shape index (κ2) is 4.49. The summed E-state index contributed by atoms with van der Waals surface area (Å²) in [5, 5.41) is 1.48. The number of anilines is 1. The predicted octanol–water partition coefficient (Wildman–Crippen LogP) is 3.27. The summed E-state index contributed by atoms with van der Waals surface area (Å²) in [6.07, 6.45) is 5.39. The smallest absolute Gasteiger partial charge is 0.140 e. The van der Waals surface area contributed by atoms with E-state index in [1.54, 1.807) is 0 Å². The number of hydrogen-bond acceptors (Lipinski definition) is 3. The van der Waals surface area contributed by atoms with Crippen molar-refractivity contribution in [3.63, 3.8) is 0 Å². The molecule has 1 aliphatic heterocycles. The number of hydrogen-bond donors (Lipinski definition) is 0. The number of nitrogens with zero attached hydrogens (tertiary/aromatic N) is 3. The Bertz CT molecular complexity index is 535. The monoisotopic (exact) mass is 247 g/mol. The quantitative estimate of drug-likeness (QED) is 0.725. The van der Waals surface area contributed by atoms with Gasteiger partial charge in [0.05, 0.1) is 11.2 Å². The molecule has 0 atom stereocenters. The molecular formula is C13H14ClN3. The van der Waals surface area contributed by atoms with Gasteiger partial charge in [0.15, 0.2) is 0 Å². The molecule has 4 heteroatoms. The highest BCUT2D eigenvalue weighted by Gasteiger charge is 2.14. The number of halogens is 1. The Kier molecular flexibility index (Phi) is 2.85. The van der Waals surface area contributed by atoms with E-state index in [-0.39, 0.29) is 0 Å². The summed E-state index contributed by atoms with van der Waals surface area (Å²) in [6, 6.07) is 6.13. The van der Waals surface area contributed by atoms with Gasteiger partial charge in [0.2, 0.25) is 0 Å². The van der Waals surface area contributed by atoms with Crippen LogP contribution >= 0.6 is 11.6 Å². The fraction of sp³-hybridized carbons (Fsp3) is 0.385. The first-order valence-corrected chi connectivity index (χ1v) is 6.38. The molecule has 3 nitrogen and oxygen atoms in total. The molecule has 88 valence electrons. The lowest BCUT2D eigenvalue weighted by atomic mass is 10.1. The number of aromatic nitrogens is 2. The summed E-state index contributed by atoms with van der Waals surface area (Å²) in [6.45, 7) is 2.22. The SMILES string of the molecule is Clc1ncnc2c(N3CCCCC3)cccc12. The molecule has 1 fully saturated rings. The molecule has 2 heterocycles. The molecule has 1 aromatic heterocycles. The van der Waals surface area contributed by atoms with Gasteiger partial charge in [0.25, 0.3) is 0 Å². The Morgan fingerprint density at radius 3 is 2.71 bits per heavy atom. The molecule has 0 unspecified atom stereocenters. The van der Waals surface area contributed by atoms with Gasteiger partial charge in [-0.05, 0) is 31.4 Å². The van der Waals surface area contributed by atoms with E-state index in [0.29, 0.717) is 5.15 Å². The van der Waals surface area contributed by atoms with Crippen molar-refractivity contribution in [1.29, 1.82) is 0 Å². The highest BCUT2D eigenvalue weighted by Crippen LogP contribution is 2.29. The zero-order valence-electron chi connectivity index (χ0n) is 9.56. The number of para-hydroxylation sites is 1. The fourth-order valence-electron chi connectivity index (χ4n) is 2.43. The van der Waals surface area contributed by atoms with Crippen LogP contribution in [-0.4, -0.2) is 23.1 Å². The Balaban J connectivity index is 2.12. The van der Waals surface area contributed by atoms with E-state index in [1.165, 1.54) is 31.3 Å². The number of benzene rings is 1. The number of piperidine rings is 1. The van der Waals surface area contributed by atoms with Crippen molar-refractivity contribution in [3.8, 4) is 0 Å². The van der Waals surface area contributed by atoms with Crippen LogP contribution in [0.1, 0.15) is 19.3 Å². The number of rotatable bonds is 1. The zero-order chi connectivity index (χ0) is 11.7. The summed E-state index contributed by atoms with van der Waals surface area (Å²) in [5.41, 5.74) is 2.15. The Hall–Kier alpha value is -1.35. The third-order valence-corrected chi connectivity index (χ3v) is 3.59. The van der Waals surface area contributed by atoms with Gasteiger partial charge < -0.3 is 4.90 Å². The number of fused-ring (bicyclic) bond motifs is 1. The summed E-state index contributed by atoms with van der Waals surface area (Å²) >= 11 is 6.10. The van der Waals surface area contributed by atoms with Crippen LogP contribution in [0.25, 0.3) is 10.9 Å². The van der Waals surface area contributed by atoms with Crippen LogP contribution in [0.4, 0.5) is 5.69 Å². The lowest BCUT2D eigenvalue weighted by molar-refractivity contribution is 0.579. The van der Waals surface area contributed by atoms with Gasteiger partial charge in [-0.15, -0.1) is 0 Å². The predicted molar refractivity (Wildman–Crippen MR) is 70.6 cm³/mol. The van der Waals surface area contributed by atoms with E-state index < -0.39 is 0 Å². The molecule has 0 saturated carbocycles. The summed E-state index contributed by atoms with van der Waals surface area (Å²) < 4.78 is 0. The average molecular weight is 248 g/mol. The third kappa shape index (κ3) is 1.95. The average Bonchev–Trinajstić information content (AvgIpc) is 2.40. The molecule has 0 spiro atoms. The first kappa shape index (κ1) is 10.8. The maximum Gasteiger partial charge on any atom is 0.140 e. The molecule has 0 amide bonds. The van der Waals surface area contributed by atoms with E-state index in [4.69, 9.17) is 11.6 Å². The highest BCUT2D eigenvalue weighted by molar-refractivity contribution is 6.34. The van der Waals surface area contributed by atoms with Gasteiger partial charge in [-0.1, -0.05) is 17.7 Å². The molecule has 17 heavy (non-hydrogen) atoms. The van der Waals surface area contributed by atoms with E-state index in [0.717, 1.165) is 24.0 Å². The first-order valence-electron chi connectivity index (χ1n) is 6.00. The van der Waals surface area contributed by atoms with Crippen molar-refractivity contribution >= 4 is 28.2 Å². The van der Waals surface area contributed by atoms with Gasteiger partial charge in [0.1, 0.15) is 11.5 Å². The van der Waals surface area contributed by atoms with Crippen LogP contribution in [0.2, 0.25) is 5.15 Å². The molecule has 0 aliphatic carbocycles. The largest absolute Gasteiger partial charge is 0.370 e. The second-order valence-electron chi connectivity index (χ2n) is 4.39. The lowest BCUT2D eigenvalue weighted by Gasteiger charge is -2.29. The minimum atomic E-state index is 0.536. The van der Waals surface area contributed by atoms with Crippen LogP contribution in [0.15, 0.2) is 24.5 Å². The van der Waals surface area contributed by atoms with Gasteiger partial charge in [-0.25, -0.2) is 9.97 Å². The Morgan fingerprint density at radius 2 is 1.88 bits per heavy atom. The molecule has 3 rings (SSSR count). The molecule has 0 bridgehead atoms. The van der Waals surface area contributed by atoms with Crippen molar-refractivity contribution < 1.29 is 0 Å². The minimum Gasteiger partial charge on any atom is -0.370 e. The maximum absolute atomic E-state index is 6.10. The van der Waals surface area contributed by atoms with Crippen molar-refractivity contribution in [2.75, 3.05) is 18.0 Å². The van der Waals surface area contributed by atoms with E-state index in [2.05, 4.69) is 20.9 Å². The van der Waals surface area contributed by atoms with Gasteiger partial charge in [-0.2, -0.15) is 0 Å². The zero-order valence-corrected chi connectivity index (χ0v) is 10.3. The van der Waals surface area contributed by atoms with Crippen molar-refractivity contribution in [1.82, 2.24) is 9.97 Å². The normalized spacial score (nSPS) is 16.4. The van der Waals surface area contributed by atoms with Gasteiger partial charge in [0, 0.05) is 18.5 Å². The maximum atomic E-state index is 6.10. The minimum absolute atomic E-state index is 0.536. The summed E-state index contributed by atoms with van der Waals surface area (Å²) in [7, 11) is 0. The molecule has 0 radical (unpaired) electrons. The third-order valence-electron chi connectivity index (χ3n) is 3.29. The second-order valence-corrected chi connectivity index (χ2v) is 4.74. The van der Waals surface area contributed by atoms with E-state index >= 15 is 0 Å². The molecule has 1 aromatic carbocycles. The lowest BCUT2D eigenvalue weighted by Crippen LogP contribution is -2.29. The van der Waals surface area contributed by atoms with Crippen LogP contribution in [0, 0.1) is 0 Å². The van der Waals surface area contributed by atoms with Crippen LogP contribution in [0.5, 0.6) is 0 Å². The van der Waals surface area contributed by atoms with Crippen molar-refractivity contribution in [3.05, 3.63) is 29.7 Å². The summed E-state index contributed by atoms with van der Waals surface area (Å²) in [4.78, 5) is 10.8. The van der Waals surface area contributed by atoms with Crippen LogP contribution in [-0.2, 0) is 0 Å². The van der Waals surface area contributed by atoms with Crippen LogP contribution in [0.3, 0.4) is 0 Å².